The van der Waals surface area contributed by atoms with Gasteiger partial charge in [-0.1, -0.05) is 11.6 Å². The zero-order chi connectivity index (χ0) is 18.5. The van der Waals surface area contributed by atoms with Crippen LogP contribution >= 0.6 is 11.6 Å². The molecule has 1 saturated heterocycles. The molecule has 0 spiro atoms. The lowest BCUT2D eigenvalue weighted by atomic mass is 9.96. The number of halogens is 1. The summed E-state index contributed by atoms with van der Waals surface area (Å²) >= 11 is 5.87. The smallest absolute Gasteiger partial charge is 0.253 e. The molecule has 1 aromatic carbocycles. The van der Waals surface area contributed by atoms with Gasteiger partial charge in [-0.15, -0.1) is 0 Å². The summed E-state index contributed by atoms with van der Waals surface area (Å²) in [7, 11) is 1.49. The summed E-state index contributed by atoms with van der Waals surface area (Å²) in [5.41, 5.74) is 0.563. The van der Waals surface area contributed by atoms with Crippen molar-refractivity contribution < 1.29 is 14.3 Å². The number of carbonyl (C=O) groups excluding carboxylic acids is 2. The van der Waals surface area contributed by atoms with E-state index in [4.69, 9.17) is 16.3 Å². The second kappa shape index (κ2) is 8.14. The van der Waals surface area contributed by atoms with Gasteiger partial charge in [0.25, 0.3) is 5.91 Å². The first-order valence-corrected chi connectivity index (χ1v) is 8.66. The maximum Gasteiger partial charge on any atom is 0.253 e. The molecular formula is C18H19ClN4O3. The summed E-state index contributed by atoms with van der Waals surface area (Å²) in [5.74, 6) is 0.133. The molecule has 0 saturated carbocycles. The number of hydrogen-bond donors (Lipinski definition) is 1. The van der Waals surface area contributed by atoms with Crippen LogP contribution < -0.4 is 10.1 Å². The molecule has 0 aliphatic carbocycles. The van der Waals surface area contributed by atoms with Gasteiger partial charge in [0, 0.05) is 23.7 Å². The van der Waals surface area contributed by atoms with Crippen LogP contribution in [0.3, 0.4) is 0 Å². The fourth-order valence-corrected chi connectivity index (χ4v) is 3.06. The minimum Gasteiger partial charge on any atom is -0.491 e. The molecule has 2 aromatic rings. The lowest BCUT2D eigenvalue weighted by molar-refractivity contribution is -0.121. The summed E-state index contributed by atoms with van der Waals surface area (Å²) in [6, 6.07) is 6.76. The molecule has 1 N–H and O–H groups in total. The van der Waals surface area contributed by atoms with Gasteiger partial charge in [0.2, 0.25) is 5.91 Å². The van der Waals surface area contributed by atoms with E-state index in [9.17, 15) is 9.59 Å². The van der Waals surface area contributed by atoms with Crippen LogP contribution in [0.1, 0.15) is 23.2 Å². The molecule has 2 heterocycles. The van der Waals surface area contributed by atoms with Gasteiger partial charge in [0.1, 0.15) is 6.33 Å². The van der Waals surface area contributed by atoms with E-state index >= 15 is 0 Å². The van der Waals surface area contributed by atoms with Gasteiger partial charge >= 0.3 is 0 Å². The SMILES string of the molecule is COc1cncnc1NC(=O)C1CCCN(C(=O)c2ccc(Cl)cc2)C1. The standard InChI is InChI=1S/C18H19ClN4O3/c1-26-15-9-20-11-21-16(15)22-17(24)13-3-2-8-23(10-13)18(25)12-4-6-14(19)7-5-12/h4-7,9,11,13H,2-3,8,10H2,1H3,(H,20,21,22,24). The zero-order valence-electron chi connectivity index (χ0n) is 14.3. The molecule has 3 rings (SSSR count). The van der Waals surface area contributed by atoms with Crippen molar-refractivity contribution >= 4 is 29.2 Å². The molecule has 136 valence electrons. The van der Waals surface area contributed by atoms with Crippen molar-refractivity contribution in [2.45, 2.75) is 12.8 Å². The fourth-order valence-electron chi connectivity index (χ4n) is 2.93. The summed E-state index contributed by atoms with van der Waals surface area (Å²) in [6.45, 7) is 0.989. The number of benzene rings is 1. The average Bonchev–Trinajstić information content (AvgIpc) is 2.68. The molecular weight excluding hydrogens is 356 g/mol. The van der Waals surface area contributed by atoms with Crippen LogP contribution in [0, 0.1) is 5.92 Å². The molecule has 1 fully saturated rings. The van der Waals surface area contributed by atoms with E-state index in [0.717, 1.165) is 6.42 Å². The number of hydrogen-bond acceptors (Lipinski definition) is 5. The molecule has 1 aliphatic heterocycles. The average molecular weight is 375 g/mol. The minimum atomic E-state index is -0.306. The highest BCUT2D eigenvalue weighted by Crippen LogP contribution is 2.23. The van der Waals surface area contributed by atoms with Gasteiger partial charge in [-0.05, 0) is 37.1 Å². The summed E-state index contributed by atoms with van der Waals surface area (Å²) in [5, 5.41) is 3.35. The van der Waals surface area contributed by atoms with Crippen LogP contribution in [0.15, 0.2) is 36.8 Å². The monoisotopic (exact) mass is 374 g/mol. The number of piperidine rings is 1. The Morgan fingerprint density at radius 1 is 1.31 bits per heavy atom. The summed E-state index contributed by atoms with van der Waals surface area (Å²) in [6.07, 6.45) is 4.30. The molecule has 1 aliphatic rings. The lowest BCUT2D eigenvalue weighted by Crippen LogP contribution is -2.43. The Bertz CT molecular complexity index is 797. The number of methoxy groups -OCH3 is 1. The van der Waals surface area contributed by atoms with E-state index in [0.29, 0.717) is 41.7 Å². The van der Waals surface area contributed by atoms with Gasteiger partial charge < -0.3 is 15.0 Å². The van der Waals surface area contributed by atoms with Crippen molar-refractivity contribution in [3.8, 4) is 5.75 Å². The third-order valence-corrected chi connectivity index (χ3v) is 4.56. The molecule has 8 heteroatoms. The van der Waals surface area contributed by atoms with Gasteiger partial charge in [-0.25, -0.2) is 9.97 Å². The van der Waals surface area contributed by atoms with Crippen LogP contribution in [0.2, 0.25) is 5.02 Å². The normalized spacial score (nSPS) is 16.8. The van der Waals surface area contributed by atoms with Crippen LogP contribution in [-0.2, 0) is 4.79 Å². The van der Waals surface area contributed by atoms with Crippen molar-refractivity contribution in [3.05, 3.63) is 47.4 Å². The Morgan fingerprint density at radius 3 is 2.81 bits per heavy atom. The number of ether oxygens (including phenoxy) is 1. The number of anilines is 1. The number of amides is 2. The molecule has 26 heavy (non-hydrogen) atoms. The minimum absolute atomic E-state index is 0.0983. The second-order valence-corrected chi connectivity index (χ2v) is 6.46. The van der Waals surface area contributed by atoms with Gasteiger partial charge in [-0.3, -0.25) is 9.59 Å². The van der Waals surface area contributed by atoms with Gasteiger partial charge in [0.05, 0.1) is 19.2 Å². The van der Waals surface area contributed by atoms with E-state index in [1.54, 1.807) is 29.2 Å². The number of nitrogens with one attached hydrogen (secondary N) is 1. The number of carbonyl (C=O) groups is 2. The van der Waals surface area contributed by atoms with Crippen LogP contribution in [0.25, 0.3) is 0 Å². The molecule has 2 amide bonds. The van der Waals surface area contributed by atoms with Gasteiger partial charge in [-0.2, -0.15) is 0 Å². The van der Waals surface area contributed by atoms with E-state index in [1.807, 2.05) is 0 Å². The Morgan fingerprint density at radius 2 is 2.08 bits per heavy atom. The molecule has 7 nitrogen and oxygen atoms in total. The Balaban J connectivity index is 1.66. The highest BCUT2D eigenvalue weighted by atomic mass is 35.5. The van der Waals surface area contributed by atoms with Crippen molar-refractivity contribution in [2.75, 3.05) is 25.5 Å². The van der Waals surface area contributed by atoms with E-state index in [1.165, 1.54) is 19.6 Å². The topological polar surface area (TPSA) is 84.4 Å². The first-order chi connectivity index (χ1) is 12.6. The van der Waals surface area contributed by atoms with E-state index in [-0.39, 0.29) is 17.7 Å². The maximum absolute atomic E-state index is 12.6. The molecule has 1 aromatic heterocycles. The first kappa shape index (κ1) is 18.1. The highest BCUT2D eigenvalue weighted by Gasteiger charge is 2.29. The summed E-state index contributed by atoms with van der Waals surface area (Å²) < 4.78 is 5.15. The largest absolute Gasteiger partial charge is 0.491 e. The summed E-state index contributed by atoms with van der Waals surface area (Å²) in [4.78, 5) is 34.8. The van der Waals surface area contributed by atoms with Gasteiger partial charge in [0.15, 0.2) is 11.6 Å². The van der Waals surface area contributed by atoms with E-state index < -0.39 is 0 Å². The molecule has 0 bridgehead atoms. The van der Waals surface area contributed by atoms with Crippen molar-refractivity contribution in [1.29, 1.82) is 0 Å². The number of likely N-dealkylation sites (tertiary alicyclic amines) is 1. The number of nitrogens with zero attached hydrogens (tertiary/aromatic N) is 3. The fraction of sp³-hybridized carbons (Fsp3) is 0.333. The lowest BCUT2D eigenvalue weighted by Gasteiger charge is -2.32. The molecule has 1 atom stereocenters. The van der Waals surface area contributed by atoms with Crippen molar-refractivity contribution in [2.24, 2.45) is 5.92 Å². The van der Waals surface area contributed by atoms with Crippen molar-refractivity contribution in [1.82, 2.24) is 14.9 Å². The van der Waals surface area contributed by atoms with Crippen molar-refractivity contribution in [3.63, 3.8) is 0 Å². The van der Waals surface area contributed by atoms with E-state index in [2.05, 4.69) is 15.3 Å². The molecule has 1 unspecified atom stereocenters. The Labute approximate surface area is 156 Å². The predicted molar refractivity (Wildman–Crippen MR) is 97.3 cm³/mol. The highest BCUT2D eigenvalue weighted by molar-refractivity contribution is 6.30. The van der Waals surface area contributed by atoms with Crippen LogP contribution in [0.4, 0.5) is 5.82 Å². The number of aromatic nitrogens is 2. The predicted octanol–water partition coefficient (Wildman–Crippen LogP) is 2.63. The Kier molecular flexibility index (Phi) is 5.68. The second-order valence-electron chi connectivity index (χ2n) is 6.03. The third-order valence-electron chi connectivity index (χ3n) is 4.31. The Hall–Kier alpha value is -2.67. The van der Waals surface area contributed by atoms with Crippen LogP contribution in [0.5, 0.6) is 5.75 Å². The quantitative estimate of drug-likeness (QED) is 0.889. The molecule has 0 radical (unpaired) electrons. The maximum atomic E-state index is 12.6. The number of rotatable bonds is 4. The first-order valence-electron chi connectivity index (χ1n) is 8.28. The zero-order valence-corrected chi connectivity index (χ0v) is 15.1. The third kappa shape index (κ3) is 4.11. The van der Waals surface area contributed by atoms with Crippen LogP contribution in [-0.4, -0.2) is 46.9 Å².